The smallest absolute Gasteiger partial charge is 0.317 e. The van der Waals surface area contributed by atoms with Crippen molar-refractivity contribution in [2.45, 2.75) is 0 Å². The summed E-state index contributed by atoms with van der Waals surface area (Å²) >= 11 is 11.2. The fourth-order valence-corrected chi connectivity index (χ4v) is 1.40. The molecule has 0 saturated carbocycles. The normalized spacial score (nSPS) is 8.72. The Morgan fingerprint density at radius 3 is 1.44 bits per heavy atom. The molecule has 25 heavy (non-hydrogen) atoms. The second kappa shape index (κ2) is 12.6. The maximum atomic E-state index is 9.51. The number of halogens is 3. The van der Waals surface area contributed by atoms with E-state index >= 15 is 0 Å². The van der Waals surface area contributed by atoms with Crippen molar-refractivity contribution in [3.63, 3.8) is 0 Å². The summed E-state index contributed by atoms with van der Waals surface area (Å²) < 4.78 is 3.27. The third-order valence-electron chi connectivity index (χ3n) is 2.53. The Morgan fingerprint density at radius 1 is 1.00 bits per heavy atom. The quantitative estimate of drug-likeness (QED) is 0.342. The Bertz CT molecular complexity index is 598. The van der Waals surface area contributed by atoms with Gasteiger partial charge in [-0.15, -0.1) is 0 Å². The number of hydrogen-bond donors (Lipinski definition) is 2. The van der Waals surface area contributed by atoms with Crippen molar-refractivity contribution in [3.05, 3.63) is 47.0 Å². The molecule has 0 fully saturated rings. The van der Waals surface area contributed by atoms with E-state index in [9.17, 15) is 9.90 Å². The lowest BCUT2D eigenvalue weighted by Crippen LogP contribution is -3.00. The number of rotatable bonds is 0. The fourth-order valence-electron chi connectivity index (χ4n) is 1.16. The highest BCUT2D eigenvalue weighted by Crippen LogP contribution is 2.16. The molecule has 2 heterocycles. The SMILES string of the molecule is CN(C)C(=O)[O-].C[n+]1cccc(O)c1Cl.C[n+]1cccc(O)c1Cl.[Br-]. The van der Waals surface area contributed by atoms with Gasteiger partial charge in [-0.3, -0.25) is 0 Å². The zero-order valence-electron chi connectivity index (χ0n) is 14.2. The Balaban J connectivity index is 0. The average Bonchev–Trinajstić information content (AvgIpc) is 2.51. The summed E-state index contributed by atoms with van der Waals surface area (Å²) in [5.74, 6) is 0.225. The van der Waals surface area contributed by atoms with E-state index in [-0.39, 0.29) is 28.5 Å². The van der Waals surface area contributed by atoms with Gasteiger partial charge in [0.05, 0.1) is 0 Å². The minimum absolute atomic E-state index is 0. The van der Waals surface area contributed by atoms with E-state index in [1.54, 1.807) is 59.9 Å². The van der Waals surface area contributed by atoms with Gasteiger partial charge in [0.1, 0.15) is 20.2 Å². The molecule has 0 saturated heterocycles. The summed E-state index contributed by atoms with van der Waals surface area (Å²) in [7, 11) is 6.36. The minimum atomic E-state index is -1.16. The molecule has 0 bridgehead atoms. The van der Waals surface area contributed by atoms with Gasteiger partial charge in [-0.1, -0.05) is 0 Å². The molecule has 7 nitrogen and oxygen atoms in total. The first-order chi connectivity index (χ1) is 11.1. The summed E-state index contributed by atoms with van der Waals surface area (Å²) in [4.78, 5) is 10.5. The van der Waals surface area contributed by atoms with Crippen LogP contribution in [0.3, 0.4) is 0 Å². The zero-order valence-corrected chi connectivity index (χ0v) is 17.2. The first kappa shape index (κ1) is 25.5. The van der Waals surface area contributed by atoms with Crippen molar-refractivity contribution in [2.24, 2.45) is 14.1 Å². The molecule has 2 aromatic rings. The van der Waals surface area contributed by atoms with Gasteiger partial charge in [0.25, 0.3) is 0 Å². The van der Waals surface area contributed by atoms with Crippen molar-refractivity contribution in [3.8, 4) is 11.5 Å². The number of hydrogen-bond acceptors (Lipinski definition) is 4. The number of carbonyl (C=O) groups is 1. The van der Waals surface area contributed by atoms with Crippen LogP contribution in [0.25, 0.3) is 0 Å². The van der Waals surface area contributed by atoms with Gasteiger partial charge in [-0.05, 0) is 35.3 Å². The molecular weight excluding hydrogens is 437 g/mol. The first-order valence-corrected chi connectivity index (χ1v) is 7.38. The number of pyridine rings is 2. The molecule has 0 aliphatic rings. The van der Waals surface area contributed by atoms with Gasteiger partial charge < -0.3 is 42.0 Å². The molecule has 0 atom stereocenters. The number of aromatic hydroxyl groups is 2. The Hall–Kier alpha value is -1.77. The predicted molar refractivity (Wildman–Crippen MR) is 87.7 cm³/mol. The number of aryl methyl sites for hydroxylation is 2. The zero-order chi connectivity index (χ0) is 18.9. The topological polar surface area (TPSA) is 91.6 Å². The van der Waals surface area contributed by atoms with Crippen molar-refractivity contribution in [1.82, 2.24) is 4.90 Å². The molecular formula is C15H20BrCl2N3O4. The van der Waals surface area contributed by atoms with Crippen LogP contribution in [0.1, 0.15) is 0 Å². The summed E-state index contributed by atoms with van der Waals surface area (Å²) in [6.07, 6.45) is 2.37. The highest BCUT2D eigenvalue weighted by Gasteiger charge is 2.06. The molecule has 140 valence electrons. The molecule has 0 aromatic carbocycles. The molecule has 0 unspecified atom stereocenters. The highest BCUT2D eigenvalue weighted by atomic mass is 79.9. The fraction of sp³-hybridized carbons (Fsp3) is 0.267. The lowest BCUT2D eigenvalue weighted by Gasteiger charge is -2.10. The molecule has 1 amide bonds. The lowest BCUT2D eigenvalue weighted by atomic mass is 10.4. The molecule has 2 rings (SSSR count). The standard InChI is InChI=1S/2C6H6ClNO.C3H7NO2.BrH/c2*1-8-4-2-3-5(9)6(8)7;1-4(2)3(5)6;/h2*2-4H,1H3;1-2H3,(H,5,6);1H. The van der Waals surface area contributed by atoms with Crippen LogP contribution in [-0.4, -0.2) is 35.3 Å². The van der Waals surface area contributed by atoms with Crippen LogP contribution in [0.4, 0.5) is 4.79 Å². The largest absolute Gasteiger partial charge is 1.00 e. The van der Waals surface area contributed by atoms with E-state index < -0.39 is 6.09 Å². The maximum absolute atomic E-state index is 9.51. The molecule has 10 heteroatoms. The summed E-state index contributed by atoms with van der Waals surface area (Å²) in [6, 6.07) is 6.53. The summed E-state index contributed by atoms with van der Waals surface area (Å²) in [5, 5.41) is 28.1. The van der Waals surface area contributed by atoms with Crippen molar-refractivity contribution in [2.75, 3.05) is 14.1 Å². The second-order valence-electron chi connectivity index (χ2n) is 4.75. The monoisotopic (exact) mass is 455 g/mol. The van der Waals surface area contributed by atoms with Gasteiger partial charge in [-0.2, -0.15) is 9.13 Å². The minimum Gasteiger partial charge on any atom is -1.00 e. The van der Waals surface area contributed by atoms with Gasteiger partial charge in [-0.25, -0.2) is 0 Å². The van der Waals surface area contributed by atoms with Crippen LogP contribution >= 0.6 is 23.2 Å². The Morgan fingerprint density at radius 2 is 1.28 bits per heavy atom. The van der Waals surface area contributed by atoms with E-state index in [1.807, 2.05) is 0 Å². The van der Waals surface area contributed by atoms with E-state index in [0.717, 1.165) is 4.90 Å². The maximum Gasteiger partial charge on any atom is 0.317 e. The van der Waals surface area contributed by atoms with Crippen LogP contribution in [0, 0.1) is 0 Å². The van der Waals surface area contributed by atoms with E-state index in [1.165, 1.54) is 14.1 Å². The van der Waals surface area contributed by atoms with E-state index in [4.69, 9.17) is 33.4 Å². The van der Waals surface area contributed by atoms with E-state index in [2.05, 4.69) is 0 Å². The summed E-state index contributed by atoms with van der Waals surface area (Å²) in [5.41, 5.74) is 0. The van der Waals surface area contributed by atoms with Crippen LogP contribution < -0.4 is 31.2 Å². The van der Waals surface area contributed by atoms with Gasteiger partial charge in [0, 0.05) is 26.2 Å². The highest BCUT2D eigenvalue weighted by molar-refractivity contribution is 6.30. The first-order valence-electron chi connectivity index (χ1n) is 6.62. The summed E-state index contributed by atoms with van der Waals surface area (Å²) in [6.45, 7) is 0. The van der Waals surface area contributed by atoms with Crippen LogP contribution in [0.2, 0.25) is 10.3 Å². The Kier molecular flexibility index (Phi) is 12.8. The molecule has 0 radical (unpaired) electrons. The Labute approximate surface area is 167 Å². The molecule has 0 aliphatic heterocycles. The van der Waals surface area contributed by atoms with Crippen molar-refractivity contribution >= 4 is 29.3 Å². The molecule has 0 spiro atoms. The number of amides is 1. The number of carboxylic acid groups (broad SMARTS) is 1. The van der Waals surface area contributed by atoms with Crippen LogP contribution in [0.5, 0.6) is 11.5 Å². The predicted octanol–water partition coefficient (Wildman–Crippen LogP) is -2.36. The van der Waals surface area contributed by atoms with Gasteiger partial charge in [0.15, 0.2) is 12.4 Å². The lowest BCUT2D eigenvalue weighted by molar-refractivity contribution is -0.669. The number of aromatic nitrogens is 2. The van der Waals surface area contributed by atoms with E-state index in [0.29, 0.717) is 10.3 Å². The molecule has 0 aliphatic carbocycles. The molecule has 2 aromatic heterocycles. The van der Waals surface area contributed by atoms with Crippen molar-refractivity contribution < 1.29 is 46.2 Å². The van der Waals surface area contributed by atoms with Crippen LogP contribution in [0.15, 0.2) is 36.7 Å². The van der Waals surface area contributed by atoms with Gasteiger partial charge in [0.2, 0.25) is 11.5 Å². The number of carbonyl (C=O) groups excluding carboxylic acids is 1. The molecule has 2 N–H and O–H groups in total. The third kappa shape index (κ3) is 9.96. The van der Waals surface area contributed by atoms with Crippen molar-refractivity contribution in [1.29, 1.82) is 0 Å². The average molecular weight is 457 g/mol. The third-order valence-corrected chi connectivity index (χ3v) is 3.46. The van der Waals surface area contributed by atoms with Gasteiger partial charge >= 0.3 is 10.3 Å². The van der Waals surface area contributed by atoms with Crippen LogP contribution in [-0.2, 0) is 14.1 Å². The number of nitrogens with zero attached hydrogens (tertiary/aromatic N) is 3. The second-order valence-corrected chi connectivity index (χ2v) is 5.47.